The van der Waals surface area contributed by atoms with Crippen molar-refractivity contribution in [2.24, 2.45) is 0 Å². The average molecular weight is 343 g/mol. The fraction of sp³-hybridized carbons (Fsp3) is 1.00. The van der Waals surface area contributed by atoms with Crippen LogP contribution in [0.1, 0.15) is 27.7 Å². The predicted molar refractivity (Wildman–Crippen MR) is 87.6 cm³/mol. The molecule has 0 saturated heterocycles. The minimum absolute atomic E-state index is 0.0486. The Bertz CT molecular complexity index is 322. The van der Waals surface area contributed by atoms with Crippen molar-refractivity contribution in [2.75, 3.05) is 64.8 Å². The summed E-state index contributed by atoms with van der Waals surface area (Å²) in [5.41, 5.74) is 0. The zero-order chi connectivity index (χ0) is 17.6. The molecule has 0 saturated carbocycles. The van der Waals surface area contributed by atoms with E-state index in [1.807, 2.05) is 0 Å². The number of hydrogen-bond acceptors (Lipinski definition) is 6. The first-order chi connectivity index (χ1) is 10.2. The maximum Gasteiger partial charge on any atom is 0.0958 e. The third-order valence-corrected chi connectivity index (χ3v) is 4.86. The zero-order valence-electron chi connectivity index (χ0n) is 14.5. The first-order valence-electron chi connectivity index (χ1n) is 7.96. The van der Waals surface area contributed by atoms with Gasteiger partial charge in [-0.15, -0.1) is 0 Å². The topological polar surface area (TPSA) is 101 Å². The van der Waals surface area contributed by atoms with Crippen LogP contribution in [0.2, 0.25) is 0 Å². The molecule has 0 spiro atoms. The highest BCUT2D eigenvalue weighted by Crippen LogP contribution is 2.03. The van der Waals surface area contributed by atoms with E-state index in [2.05, 4.69) is 27.7 Å². The van der Waals surface area contributed by atoms with E-state index in [1.54, 1.807) is 0 Å². The molecule has 0 bridgehead atoms. The van der Waals surface area contributed by atoms with Gasteiger partial charge < -0.3 is 19.2 Å². The molecule has 22 heavy (non-hydrogen) atoms. The number of hydrogen-bond donors (Lipinski definition) is 2. The predicted octanol–water partition coefficient (Wildman–Crippen LogP) is -0.299. The van der Waals surface area contributed by atoms with Crippen molar-refractivity contribution in [1.82, 2.24) is 4.90 Å². The molecule has 8 heteroatoms. The number of aliphatic hydroxyl groups is 2. The molecule has 0 aromatic rings. The van der Waals surface area contributed by atoms with Crippen molar-refractivity contribution in [3.05, 3.63) is 0 Å². The van der Waals surface area contributed by atoms with Crippen LogP contribution in [0.3, 0.4) is 0 Å². The van der Waals surface area contributed by atoms with Crippen LogP contribution in [0.15, 0.2) is 0 Å². The number of nitrogens with zero attached hydrogens (tertiary/aromatic N) is 2. The van der Waals surface area contributed by atoms with E-state index < -0.39 is 15.9 Å². The molecule has 0 rings (SSSR count). The van der Waals surface area contributed by atoms with Gasteiger partial charge in [-0.05, 0) is 27.7 Å². The maximum atomic E-state index is 10.2. The van der Waals surface area contributed by atoms with Crippen LogP contribution in [0.25, 0.3) is 0 Å². The van der Waals surface area contributed by atoms with E-state index in [9.17, 15) is 13.0 Å². The van der Waals surface area contributed by atoms with Gasteiger partial charge in [-0.2, -0.15) is 0 Å². The molecule has 7 nitrogen and oxygen atoms in total. The van der Waals surface area contributed by atoms with Gasteiger partial charge in [0.15, 0.2) is 0 Å². The highest BCUT2D eigenvalue weighted by Gasteiger charge is 2.16. The van der Waals surface area contributed by atoms with E-state index >= 15 is 0 Å². The number of aliphatic hydroxyl groups excluding tert-OH is 2. The Balaban J connectivity index is 0. The Morgan fingerprint density at radius 3 is 1.41 bits per heavy atom. The van der Waals surface area contributed by atoms with Crippen molar-refractivity contribution in [2.45, 2.75) is 27.7 Å². The molecule has 0 atom stereocenters. The lowest BCUT2D eigenvalue weighted by Crippen LogP contribution is -2.47. The molecule has 0 fully saturated rings. The second-order valence-corrected chi connectivity index (χ2v) is 6.68. The van der Waals surface area contributed by atoms with Gasteiger partial charge in [0, 0.05) is 19.6 Å². The Kier molecular flexibility index (Phi) is 14.4. The van der Waals surface area contributed by atoms with Gasteiger partial charge in [-0.3, -0.25) is 4.90 Å². The van der Waals surface area contributed by atoms with E-state index in [-0.39, 0.29) is 32.8 Å². The molecule has 0 amide bonds. The Morgan fingerprint density at radius 2 is 1.23 bits per heavy atom. The summed E-state index contributed by atoms with van der Waals surface area (Å²) in [6.07, 6.45) is 0. The van der Waals surface area contributed by atoms with Crippen LogP contribution >= 0.6 is 0 Å². The zero-order valence-corrected chi connectivity index (χ0v) is 15.3. The van der Waals surface area contributed by atoms with Gasteiger partial charge in [0.05, 0.1) is 55.3 Å². The normalized spacial score (nSPS) is 12.2. The lowest BCUT2D eigenvalue weighted by Gasteiger charge is -2.34. The van der Waals surface area contributed by atoms with Crippen molar-refractivity contribution in [3.8, 4) is 0 Å². The molecule has 0 aromatic heterocycles. The van der Waals surface area contributed by atoms with Crippen LogP contribution < -0.4 is 0 Å². The number of quaternary nitrogens is 1. The quantitative estimate of drug-likeness (QED) is 0.395. The average Bonchev–Trinajstić information content (AvgIpc) is 2.48. The van der Waals surface area contributed by atoms with Gasteiger partial charge >= 0.3 is 0 Å². The molecule has 136 valence electrons. The van der Waals surface area contributed by atoms with E-state index in [0.717, 1.165) is 0 Å². The van der Waals surface area contributed by atoms with Crippen LogP contribution in [-0.2, 0) is 10.1 Å². The van der Waals surface area contributed by atoms with E-state index in [1.165, 1.54) is 35.6 Å². The highest BCUT2D eigenvalue weighted by molar-refractivity contribution is 7.85. The summed E-state index contributed by atoms with van der Waals surface area (Å²) in [4.78, 5) is 1.51. The molecular formula is C14H34N2O5S. The van der Waals surface area contributed by atoms with Crippen molar-refractivity contribution < 1.29 is 27.7 Å². The molecular weight excluding hydrogens is 308 g/mol. The van der Waals surface area contributed by atoms with Gasteiger partial charge in [0.1, 0.15) is 0 Å². The summed E-state index contributed by atoms with van der Waals surface area (Å²) in [7, 11) is -4.21. The fourth-order valence-corrected chi connectivity index (χ4v) is 2.68. The monoisotopic (exact) mass is 342 g/mol. The minimum Gasteiger partial charge on any atom is -0.748 e. The van der Waals surface area contributed by atoms with E-state index in [0.29, 0.717) is 0 Å². The Labute approximate surface area is 135 Å². The molecule has 0 aliphatic heterocycles. The lowest BCUT2D eigenvalue weighted by molar-refractivity contribution is -0.921. The van der Waals surface area contributed by atoms with Crippen molar-refractivity contribution in [3.63, 3.8) is 0 Å². The first-order valence-corrected chi connectivity index (χ1v) is 9.54. The Hall–Kier alpha value is -0.250. The second-order valence-electron chi connectivity index (χ2n) is 5.16. The van der Waals surface area contributed by atoms with Crippen molar-refractivity contribution in [1.29, 1.82) is 0 Å². The molecule has 0 heterocycles. The molecule has 0 radical (unpaired) electrons. The maximum absolute atomic E-state index is 10.2. The standard InChI is InChI=1S/C8H20N.C6H15NO5S/c1-5-9(6-2,7-3)8-4;8-4-1-7(2-5-9)3-6-13(10,11)12/h5-8H2,1-4H3;8-9H,1-6H2,(H,10,11,12)/q+1;/p-1. The smallest absolute Gasteiger partial charge is 0.0958 e. The van der Waals surface area contributed by atoms with Gasteiger partial charge in [-0.25, -0.2) is 8.42 Å². The SMILES string of the molecule is CC[N+](CC)(CC)CC.O=S(=O)([O-])CCN(CCO)CCO. The highest BCUT2D eigenvalue weighted by atomic mass is 32.2. The summed E-state index contributed by atoms with van der Waals surface area (Å²) < 4.78 is 32.0. The molecule has 0 aromatic carbocycles. The third-order valence-electron chi connectivity index (χ3n) is 4.17. The summed E-state index contributed by atoms with van der Waals surface area (Å²) in [5, 5.41) is 17.1. The van der Waals surface area contributed by atoms with Gasteiger partial charge in [0.2, 0.25) is 0 Å². The molecule has 0 unspecified atom stereocenters. The number of rotatable bonds is 11. The van der Waals surface area contributed by atoms with Crippen LogP contribution in [-0.4, -0.2) is 97.3 Å². The van der Waals surface area contributed by atoms with Gasteiger partial charge in [0.25, 0.3) is 0 Å². The lowest BCUT2D eigenvalue weighted by atomic mass is 10.3. The fourth-order valence-electron chi connectivity index (χ4n) is 2.20. The van der Waals surface area contributed by atoms with Crippen molar-refractivity contribution >= 4 is 10.1 Å². The summed E-state index contributed by atoms with van der Waals surface area (Å²) in [5.74, 6) is -0.493. The minimum atomic E-state index is -4.21. The van der Waals surface area contributed by atoms with E-state index in [4.69, 9.17) is 10.2 Å². The van der Waals surface area contributed by atoms with Crippen LogP contribution in [0.5, 0.6) is 0 Å². The molecule has 0 aliphatic rings. The van der Waals surface area contributed by atoms with Crippen LogP contribution in [0, 0.1) is 0 Å². The molecule has 2 N–H and O–H groups in total. The Morgan fingerprint density at radius 1 is 0.864 bits per heavy atom. The third kappa shape index (κ3) is 12.3. The molecule has 0 aliphatic carbocycles. The summed E-state index contributed by atoms with van der Waals surface area (Å²) in [6.45, 7) is 14.5. The first kappa shape index (κ1) is 24.0. The van der Waals surface area contributed by atoms with Crippen LogP contribution in [0.4, 0.5) is 0 Å². The van der Waals surface area contributed by atoms with Gasteiger partial charge in [-0.1, -0.05) is 0 Å². The summed E-state index contributed by atoms with van der Waals surface area (Å²) in [6, 6.07) is 0. The second kappa shape index (κ2) is 13.2. The summed E-state index contributed by atoms with van der Waals surface area (Å²) >= 11 is 0. The largest absolute Gasteiger partial charge is 0.748 e.